The largest absolute Gasteiger partial charge is 0.497 e. The Hall–Kier alpha value is -3.80. The fraction of sp³-hybridized carbons (Fsp3) is 0.259. The molecule has 33 heavy (non-hydrogen) atoms. The molecule has 3 aromatic carbocycles. The molecule has 0 bridgehead atoms. The minimum atomic E-state index is -0.351. The summed E-state index contributed by atoms with van der Waals surface area (Å²) in [6.07, 6.45) is 2.38. The fourth-order valence-corrected chi connectivity index (χ4v) is 4.50. The average molecular weight is 444 g/mol. The third-order valence-electron chi connectivity index (χ3n) is 6.24. The number of benzene rings is 3. The molecule has 1 aliphatic carbocycles. The number of methoxy groups -OCH3 is 1. The number of carbonyl (C=O) groups is 2. The molecular weight excluding hydrogens is 420 g/mol. The zero-order valence-electron chi connectivity index (χ0n) is 18.2. The molecule has 1 fully saturated rings. The van der Waals surface area contributed by atoms with Crippen LogP contribution in [0.4, 0.5) is 0 Å². The van der Waals surface area contributed by atoms with E-state index in [1.807, 2.05) is 36.4 Å². The molecule has 6 heteroatoms. The van der Waals surface area contributed by atoms with Crippen LogP contribution < -0.4 is 9.47 Å². The zero-order chi connectivity index (χ0) is 22.8. The molecule has 5 rings (SSSR count). The van der Waals surface area contributed by atoms with Gasteiger partial charge in [-0.3, -0.25) is 4.79 Å². The molecule has 168 valence electrons. The molecular formula is C27H24O6. The monoisotopic (exact) mass is 444 g/mol. The molecule has 3 aromatic rings. The number of hydrogen-bond donors (Lipinski definition) is 0. The summed E-state index contributed by atoms with van der Waals surface area (Å²) in [7, 11) is 1.59. The number of rotatable bonds is 5. The number of fused-ring (bicyclic) bond motifs is 2. The molecule has 0 saturated heterocycles. The Morgan fingerprint density at radius 1 is 0.939 bits per heavy atom. The van der Waals surface area contributed by atoms with Crippen LogP contribution in [-0.2, 0) is 14.3 Å². The highest BCUT2D eigenvalue weighted by Gasteiger charge is 2.42. The molecule has 0 aromatic heterocycles. The Morgan fingerprint density at radius 3 is 2.52 bits per heavy atom. The zero-order valence-corrected chi connectivity index (χ0v) is 18.2. The second-order valence-electron chi connectivity index (χ2n) is 8.27. The second kappa shape index (κ2) is 8.98. The lowest BCUT2D eigenvalue weighted by atomic mass is 9.80. The molecule has 0 N–H and O–H groups in total. The third-order valence-corrected chi connectivity index (χ3v) is 6.24. The van der Waals surface area contributed by atoms with Crippen molar-refractivity contribution in [2.75, 3.05) is 7.11 Å². The molecule has 2 aliphatic rings. The summed E-state index contributed by atoms with van der Waals surface area (Å²) in [4.78, 5) is 25.9. The normalized spacial score (nSPS) is 22.0. The molecule has 1 heterocycles. The van der Waals surface area contributed by atoms with Crippen molar-refractivity contribution in [2.45, 2.75) is 31.5 Å². The summed E-state index contributed by atoms with van der Waals surface area (Å²) < 4.78 is 22.6. The van der Waals surface area contributed by atoms with E-state index >= 15 is 0 Å². The smallest absolute Gasteiger partial charge is 0.339 e. The maximum absolute atomic E-state index is 13.0. The first-order valence-electron chi connectivity index (χ1n) is 11.0. The maximum Gasteiger partial charge on any atom is 0.339 e. The van der Waals surface area contributed by atoms with Crippen molar-refractivity contribution in [3.8, 4) is 11.5 Å². The van der Waals surface area contributed by atoms with E-state index in [1.54, 1.807) is 37.4 Å². The summed E-state index contributed by atoms with van der Waals surface area (Å²) in [6.45, 7) is 0. The summed E-state index contributed by atoms with van der Waals surface area (Å²) in [5, 5.41) is 1.86. The predicted octanol–water partition coefficient (Wildman–Crippen LogP) is 5.06. The van der Waals surface area contributed by atoms with Crippen molar-refractivity contribution in [3.05, 3.63) is 84.3 Å². The van der Waals surface area contributed by atoms with E-state index in [0.29, 0.717) is 36.3 Å². The van der Waals surface area contributed by atoms with Gasteiger partial charge in [0.1, 0.15) is 30.0 Å². The van der Waals surface area contributed by atoms with Crippen LogP contribution in [0.1, 0.15) is 29.6 Å². The Morgan fingerprint density at radius 2 is 1.70 bits per heavy atom. The SMILES string of the molecule is COc1ccc(OC2=COC3CC(OC(=O)c4cccc5ccccc45)CCC3C2=O)cc1. The molecule has 0 amide bonds. The van der Waals surface area contributed by atoms with Crippen LogP contribution in [0.3, 0.4) is 0 Å². The quantitative estimate of drug-likeness (QED) is 0.512. The fourth-order valence-electron chi connectivity index (χ4n) is 4.50. The van der Waals surface area contributed by atoms with Crippen molar-refractivity contribution < 1.29 is 28.5 Å². The average Bonchev–Trinajstić information content (AvgIpc) is 2.86. The summed E-state index contributed by atoms with van der Waals surface area (Å²) >= 11 is 0. The van der Waals surface area contributed by atoms with E-state index in [4.69, 9.17) is 18.9 Å². The molecule has 1 saturated carbocycles. The second-order valence-corrected chi connectivity index (χ2v) is 8.27. The van der Waals surface area contributed by atoms with Gasteiger partial charge in [-0.1, -0.05) is 36.4 Å². The van der Waals surface area contributed by atoms with E-state index in [2.05, 4.69) is 0 Å². The first kappa shape index (κ1) is 21.1. The number of ketones is 1. The lowest BCUT2D eigenvalue weighted by Crippen LogP contribution is -2.43. The van der Waals surface area contributed by atoms with E-state index < -0.39 is 0 Å². The van der Waals surface area contributed by atoms with Gasteiger partial charge in [-0.05, 0) is 53.9 Å². The Kier molecular flexibility index (Phi) is 5.73. The van der Waals surface area contributed by atoms with E-state index in [0.717, 1.165) is 10.8 Å². The van der Waals surface area contributed by atoms with Crippen LogP contribution in [0.15, 0.2) is 78.8 Å². The first-order chi connectivity index (χ1) is 16.1. The van der Waals surface area contributed by atoms with Gasteiger partial charge in [0.15, 0.2) is 0 Å². The number of esters is 1. The molecule has 0 spiro atoms. The van der Waals surface area contributed by atoms with Gasteiger partial charge in [0.2, 0.25) is 11.5 Å². The van der Waals surface area contributed by atoms with Crippen molar-refractivity contribution in [3.63, 3.8) is 0 Å². The highest BCUT2D eigenvalue weighted by atomic mass is 16.6. The molecule has 6 nitrogen and oxygen atoms in total. The minimum Gasteiger partial charge on any atom is -0.497 e. The highest BCUT2D eigenvalue weighted by Crippen LogP contribution is 2.35. The van der Waals surface area contributed by atoms with Gasteiger partial charge in [0, 0.05) is 6.42 Å². The number of ether oxygens (including phenoxy) is 4. The lowest BCUT2D eigenvalue weighted by Gasteiger charge is -2.36. The molecule has 3 atom stereocenters. The van der Waals surface area contributed by atoms with Gasteiger partial charge < -0.3 is 18.9 Å². The maximum atomic E-state index is 13.0. The Labute approximate surface area is 191 Å². The standard InChI is InChI=1S/C27H24O6/c1-30-18-9-11-19(12-10-18)32-25-16-31-24-15-20(13-14-23(24)26(25)28)33-27(29)22-8-4-6-17-5-2-3-7-21(17)22/h2-12,16,20,23-24H,13-15H2,1H3. The number of hydrogen-bond acceptors (Lipinski definition) is 6. The topological polar surface area (TPSA) is 71.1 Å². The van der Waals surface area contributed by atoms with Gasteiger partial charge in [0.05, 0.1) is 18.6 Å². The van der Waals surface area contributed by atoms with Crippen LogP contribution in [0, 0.1) is 5.92 Å². The van der Waals surface area contributed by atoms with Gasteiger partial charge in [-0.25, -0.2) is 4.79 Å². The number of Topliss-reactive ketones (excluding diaryl/α,β-unsaturated/α-hetero) is 1. The Balaban J connectivity index is 1.24. The van der Waals surface area contributed by atoms with E-state index in [9.17, 15) is 9.59 Å². The first-order valence-corrected chi connectivity index (χ1v) is 11.0. The van der Waals surface area contributed by atoms with Gasteiger partial charge >= 0.3 is 5.97 Å². The van der Waals surface area contributed by atoms with E-state index in [-0.39, 0.29) is 35.6 Å². The Bertz CT molecular complexity index is 1210. The van der Waals surface area contributed by atoms with Crippen LogP contribution in [-0.4, -0.2) is 31.1 Å². The van der Waals surface area contributed by atoms with Crippen molar-refractivity contribution in [1.29, 1.82) is 0 Å². The minimum absolute atomic E-state index is 0.0825. The number of allylic oxidation sites excluding steroid dienone is 1. The summed E-state index contributed by atoms with van der Waals surface area (Å²) in [5.74, 6) is 0.690. The van der Waals surface area contributed by atoms with Crippen LogP contribution >= 0.6 is 0 Å². The highest BCUT2D eigenvalue weighted by molar-refractivity contribution is 6.04. The van der Waals surface area contributed by atoms with Gasteiger partial charge in [-0.2, -0.15) is 0 Å². The van der Waals surface area contributed by atoms with Crippen LogP contribution in [0.5, 0.6) is 11.5 Å². The predicted molar refractivity (Wildman–Crippen MR) is 122 cm³/mol. The van der Waals surface area contributed by atoms with Crippen molar-refractivity contribution >= 4 is 22.5 Å². The van der Waals surface area contributed by atoms with Crippen LogP contribution in [0.25, 0.3) is 10.8 Å². The molecule has 0 radical (unpaired) electrons. The van der Waals surface area contributed by atoms with Gasteiger partial charge in [-0.15, -0.1) is 0 Å². The van der Waals surface area contributed by atoms with Gasteiger partial charge in [0.25, 0.3) is 0 Å². The van der Waals surface area contributed by atoms with Crippen molar-refractivity contribution in [1.82, 2.24) is 0 Å². The van der Waals surface area contributed by atoms with Crippen LogP contribution in [0.2, 0.25) is 0 Å². The lowest BCUT2D eigenvalue weighted by molar-refractivity contribution is -0.132. The summed E-state index contributed by atoms with van der Waals surface area (Å²) in [5.41, 5.74) is 0.547. The molecule has 1 aliphatic heterocycles. The summed E-state index contributed by atoms with van der Waals surface area (Å²) in [6, 6.07) is 20.3. The number of carbonyl (C=O) groups excluding carboxylic acids is 2. The molecule has 3 unspecified atom stereocenters. The third kappa shape index (κ3) is 4.29. The van der Waals surface area contributed by atoms with Crippen molar-refractivity contribution in [2.24, 2.45) is 5.92 Å². The van der Waals surface area contributed by atoms with E-state index in [1.165, 1.54) is 6.26 Å².